The Morgan fingerprint density at radius 3 is 2.57 bits per heavy atom. The van der Waals surface area contributed by atoms with E-state index in [1.165, 1.54) is 11.6 Å². The van der Waals surface area contributed by atoms with E-state index in [0.29, 0.717) is 17.6 Å². The van der Waals surface area contributed by atoms with Gasteiger partial charge in [0, 0.05) is 17.6 Å². The zero-order valence-corrected chi connectivity index (χ0v) is 17.4. The second-order valence-electron chi connectivity index (χ2n) is 8.31. The lowest BCUT2D eigenvalue weighted by Crippen LogP contribution is -2.40. The summed E-state index contributed by atoms with van der Waals surface area (Å²) in [4.78, 5) is 16.6. The number of aryl methyl sites for hydroxylation is 1. The number of carbonyl (C=O) groups excluding carboxylic acids is 1. The molecule has 1 N–H and O–H groups in total. The van der Waals surface area contributed by atoms with Gasteiger partial charge in [0.2, 0.25) is 0 Å². The molecule has 5 heteroatoms. The van der Waals surface area contributed by atoms with Crippen molar-refractivity contribution in [2.24, 2.45) is 5.92 Å². The number of nitrogens with one attached hydrogen (secondary N) is 1. The summed E-state index contributed by atoms with van der Waals surface area (Å²) in [6.07, 6.45) is 5.45. The molecule has 1 saturated carbocycles. The zero-order chi connectivity index (χ0) is 21.1. The van der Waals surface area contributed by atoms with Crippen molar-refractivity contribution in [2.75, 3.05) is 0 Å². The number of aromatic nitrogens is 1. The minimum absolute atomic E-state index is 0.0375. The highest BCUT2D eigenvalue weighted by molar-refractivity contribution is 5.82. The van der Waals surface area contributed by atoms with Crippen molar-refractivity contribution in [3.8, 4) is 5.75 Å². The van der Waals surface area contributed by atoms with Gasteiger partial charge in [0.05, 0.1) is 5.52 Å². The summed E-state index contributed by atoms with van der Waals surface area (Å²) in [6, 6.07) is 14.3. The van der Waals surface area contributed by atoms with E-state index in [9.17, 15) is 9.18 Å². The van der Waals surface area contributed by atoms with Gasteiger partial charge in [-0.2, -0.15) is 0 Å². The van der Waals surface area contributed by atoms with E-state index in [1.54, 1.807) is 24.3 Å². The lowest BCUT2D eigenvalue weighted by molar-refractivity contribution is 0.185. The first-order chi connectivity index (χ1) is 14.5. The van der Waals surface area contributed by atoms with Gasteiger partial charge >= 0.3 is 6.09 Å². The maximum atomic E-state index is 13.8. The number of hydrogen-bond donors (Lipinski definition) is 1. The highest BCUT2D eigenvalue weighted by Gasteiger charge is 2.28. The number of halogens is 1. The van der Waals surface area contributed by atoms with Crippen molar-refractivity contribution in [3.63, 3.8) is 0 Å². The fourth-order valence-corrected chi connectivity index (χ4v) is 4.47. The molecule has 2 aromatic carbocycles. The van der Waals surface area contributed by atoms with Crippen molar-refractivity contribution in [2.45, 2.75) is 51.5 Å². The number of amides is 1. The minimum atomic E-state index is -0.413. The summed E-state index contributed by atoms with van der Waals surface area (Å²) in [7, 11) is 0. The fraction of sp³-hybridized carbons (Fsp3) is 0.360. The van der Waals surface area contributed by atoms with E-state index in [1.807, 2.05) is 38.2 Å². The number of rotatable bonds is 4. The third kappa shape index (κ3) is 4.61. The average molecular weight is 407 g/mol. The van der Waals surface area contributed by atoms with E-state index in [2.05, 4.69) is 10.3 Å². The van der Waals surface area contributed by atoms with Gasteiger partial charge in [0.1, 0.15) is 11.6 Å². The van der Waals surface area contributed by atoms with Crippen molar-refractivity contribution < 1.29 is 13.9 Å². The average Bonchev–Trinajstić information content (AvgIpc) is 2.75. The first-order valence-electron chi connectivity index (χ1n) is 10.6. The van der Waals surface area contributed by atoms with Crippen LogP contribution in [0, 0.1) is 18.7 Å². The van der Waals surface area contributed by atoms with Gasteiger partial charge in [-0.15, -0.1) is 0 Å². The summed E-state index contributed by atoms with van der Waals surface area (Å²) in [5.74, 6) is 1.11. The molecule has 0 aliphatic heterocycles. The van der Waals surface area contributed by atoms with Crippen LogP contribution in [0.2, 0.25) is 0 Å². The lowest BCUT2D eigenvalue weighted by atomic mass is 9.75. The normalized spacial score (nSPS) is 20.0. The van der Waals surface area contributed by atoms with Crippen LogP contribution in [0.5, 0.6) is 5.75 Å². The molecular formula is C25H27FN2O2. The molecule has 0 saturated heterocycles. The number of ether oxygens (including phenoxy) is 1. The Kier molecular flexibility index (Phi) is 5.98. The standard InChI is InChI=1S/C25H27FN2O2/c1-16-3-10-21(11-4-16)30-25(29)28-17(2)18-5-7-19(8-6-18)22-13-14-27-24-12-9-20(26)15-23(22)24/h3-4,9-15,17-19H,5-8H2,1-2H3,(H,28,29)/t17-,18-,19+/m1/s1. The van der Waals surface area contributed by atoms with Gasteiger partial charge in [-0.3, -0.25) is 4.98 Å². The Hall–Kier alpha value is -2.95. The molecule has 0 unspecified atom stereocenters. The highest BCUT2D eigenvalue weighted by atomic mass is 19.1. The number of pyridine rings is 1. The van der Waals surface area contributed by atoms with Gasteiger partial charge in [-0.1, -0.05) is 17.7 Å². The second-order valence-corrected chi connectivity index (χ2v) is 8.31. The molecular weight excluding hydrogens is 379 g/mol. The molecule has 0 spiro atoms. The van der Waals surface area contributed by atoms with E-state index < -0.39 is 6.09 Å². The van der Waals surface area contributed by atoms with Crippen molar-refractivity contribution in [1.29, 1.82) is 0 Å². The maximum absolute atomic E-state index is 13.8. The minimum Gasteiger partial charge on any atom is -0.410 e. The molecule has 156 valence electrons. The van der Waals surface area contributed by atoms with Gasteiger partial charge < -0.3 is 10.1 Å². The Morgan fingerprint density at radius 2 is 1.83 bits per heavy atom. The van der Waals surface area contributed by atoms with E-state index in [4.69, 9.17) is 4.74 Å². The molecule has 4 rings (SSSR count). The van der Waals surface area contributed by atoms with Crippen molar-refractivity contribution in [1.82, 2.24) is 10.3 Å². The highest BCUT2D eigenvalue weighted by Crippen LogP contribution is 2.39. The van der Waals surface area contributed by atoms with Crippen LogP contribution in [0.3, 0.4) is 0 Å². The molecule has 1 heterocycles. The number of carbonyl (C=O) groups is 1. The van der Waals surface area contributed by atoms with E-state index >= 15 is 0 Å². The fourth-order valence-electron chi connectivity index (χ4n) is 4.47. The van der Waals surface area contributed by atoms with Crippen LogP contribution >= 0.6 is 0 Å². The van der Waals surface area contributed by atoms with Crippen LogP contribution in [-0.2, 0) is 0 Å². The van der Waals surface area contributed by atoms with Gasteiger partial charge in [0.15, 0.2) is 0 Å². The third-order valence-corrected chi connectivity index (χ3v) is 6.23. The van der Waals surface area contributed by atoms with Crippen LogP contribution in [-0.4, -0.2) is 17.1 Å². The van der Waals surface area contributed by atoms with Crippen LogP contribution < -0.4 is 10.1 Å². The molecule has 3 aromatic rings. The van der Waals surface area contributed by atoms with Crippen molar-refractivity contribution >= 4 is 17.0 Å². The Morgan fingerprint density at radius 1 is 1.10 bits per heavy atom. The summed E-state index contributed by atoms with van der Waals surface area (Å²) in [5, 5.41) is 3.89. The maximum Gasteiger partial charge on any atom is 0.412 e. The molecule has 30 heavy (non-hydrogen) atoms. The molecule has 1 atom stereocenters. The van der Waals surface area contributed by atoms with Crippen molar-refractivity contribution in [3.05, 3.63) is 71.7 Å². The van der Waals surface area contributed by atoms with Crippen LogP contribution in [0.4, 0.5) is 9.18 Å². The second kappa shape index (κ2) is 8.82. The zero-order valence-electron chi connectivity index (χ0n) is 17.4. The Balaban J connectivity index is 1.34. The number of benzene rings is 2. The Labute approximate surface area is 176 Å². The molecule has 1 aliphatic rings. The largest absolute Gasteiger partial charge is 0.412 e. The quantitative estimate of drug-likeness (QED) is 0.567. The third-order valence-electron chi connectivity index (χ3n) is 6.23. The number of hydrogen-bond acceptors (Lipinski definition) is 3. The van der Waals surface area contributed by atoms with Gasteiger partial charge in [0.25, 0.3) is 0 Å². The molecule has 1 fully saturated rings. The topological polar surface area (TPSA) is 51.2 Å². The summed E-state index contributed by atoms with van der Waals surface area (Å²) in [6.45, 7) is 4.03. The van der Waals surface area contributed by atoms with E-state index in [-0.39, 0.29) is 11.9 Å². The Bertz CT molecular complexity index is 1030. The van der Waals surface area contributed by atoms with Crippen LogP contribution in [0.15, 0.2) is 54.7 Å². The summed E-state index contributed by atoms with van der Waals surface area (Å²) >= 11 is 0. The van der Waals surface area contributed by atoms with Crippen LogP contribution in [0.1, 0.15) is 49.7 Å². The first-order valence-corrected chi connectivity index (χ1v) is 10.6. The smallest absolute Gasteiger partial charge is 0.410 e. The lowest BCUT2D eigenvalue weighted by Gasteiger charge is -2.33. The predicted molar refractivity (Wildman–Crippen MR) is 116 cm³/mol. The van der Waals surface area contributed by atoms with Gasteiger partial charge in [-0.05, 0) is 93.3 Å². The predicted octanol–water partition coefficient (Wildman–Crippen LogP) is 6.13. The monoisotopic (exact) mass is 406 g/mol. The molecule has 0 radical (unpaired) electrons. The SMILES string of the molecule is Cc1ccc(OC(=O)N[C@H](C)[C@H]2CC[C@@H](c3ccnc4ccc(F)cc43)CC2)cc1. The molecule has 4 nitrogen and oxygen atoms in total. The van der Waals surface area contributed by atoms with Crippen LogP contribution in [0.25, 0.3) is 10.9 Å². The summed E-state index contributed by atoms with van der Waals surface area (Å²) < 4.78 is 19.2. The molecule has 0 bridgehead atoms. The molecule has 1 aliphatic carbocycles. The number of fused-ring (bicyclic) bond motifs is 1. The first kappa shape index (κ1) is 20.3. The number of nitrogens with zero attached hydrogens (tertiary/aromatic N) is 1. The molecule has 1 amide bonds. The van der Waals surface area contributed by atoms with E-state index in [0.717, 1.165) is 42.1 Å². The van der Waals surface area contributed by atoms with Gasteiger partial charge in [-0.25, -0.2) is 9.18 Å². The summed E-state index contributed by atoms with van der Waals surface area (Å²) in [5.41, 5.74) is 3.14. The molecule has 1 aromatic heterocycles.